The summed E-state index contributed by atoms with van der Waals surface area (Å²) in [6, 6.07) is 9.16. The third-order valence-corrected chi connectivity index (χ3v) is 7.15. The van der Waals surface area contributed by atoms with Gasteiger partial charge in [0.25, 0.3) is 29.1 Å². The Labute approximate surface area is 228 Å². The summed E-state index contributed by atoms with van der Waals surface area (Å²) in [5.41, 5.74) is -2.04. The Bertz CT molecular complexity index is 1300. The number of likely N-dealkylation sites (N-methyl/N-ethyl adjacent to an activating group) is 1. The van der Waals surface area contributed by atoms with Gasteiger partial charge in [0.2, 0.25) is 0 Å². The van der Waals surface area contributed by atoms with E-state index in [-0.39, 0.29) is 17.7 Å². The van der Waals surface area contributed by atoms with Gasteiger partial charge in [-0.2, -0.15) is 0 Å². The summed E-state index contributed by atoms with van der Waals surface area (Å²) in [6.07, 6.45) is -0.705. The van der Waals surface area contributed by atoms with E-state index in [1.54, 1.807) is 18.2 Å². The van der Waals surface area contributed by atoms with Gasteiger partial charge in [-0.25, -0.2) is 4.39 Å². The number of nitrogens with one attached hydrogen (secondary N) is 2. The summed E-state index contributed by atoms with van der Waals surface area (Å²) in [5.74, 6) is -11.4. The molecule has 0 aliphatic carbocycles. The Morgan fingerprint density at radius 3 is 2.48 bits per heavy atom. The maximum atomic E-state index is 14.7. The highest BCUT2D eigenvalue weighted by Gasteiger charge is 2.70. The fourth-order valence-corrected chi connectivity index (χ4v) is 4.81. The first kappa shape index (κ1) is 29.5. The Balaban J connectivity index is 1.60. The van der Waals surface area contributed by atoms with Gasteiger partial charge >= 0.3 is 0 Å². The van der Waals surface area contributed by atoms with Crippen molar-refractivity contribution in [2.75, 3.05) is 38.7 Å². The van der Waals surface area contributed by atoms with Crippen molar-refractivity contribution >= 4 is 23.8 Å². The van der Waals surface area contributed by atoms with E-state index in [0.29, 0.717) is 35.9 Å². The van der Waals surface area contributed by atoms with Crippen LogP contribution >= 0.6 is 0 Å². The first-order valence-corrected chi connectivity index (χ1v) is 12.4. The lowest BCUT2D eigenvalue weighted by atomic mass is 9.91. The van der Waals surface area contributed by atoms with Crippen LogP contribution in [-0.2, 0) is 34.0 Å². The zero-order valence-corrected chi connectivity index (χ0v) is 21.6. The van der Waals surface area contributed by atoms with Crippen molar-refractivity contribution in [3.63, 3.8) is 0 Å². The van der Waals surface area contributed by atoms with Crippen molar-refractivity contribution in [3.8, 4) is 0 Å². The number of amides is 2. The van der Waals surface area contributed by atoms with E-state index in [0.717, 1.165) is 25.7 Å². The van der Waals surface area contributed by atoms with Crippen LogP contribution in [-0.4, -0.2) is 104 Å². The molecule has 2 aromatic carbocycles. The van der Waals surface area contributed by atoms with Gasteiger partial charge in [0.05, 0.1) is 19.8 Å². The molecule has 7 N–H and O–H groups in total. The molecule has 1 unspecified atom stereocenters. The number of hydrogen-bond donors (Lipinski definition) is 7. The number of aldehydes is 1. The number of rotatable bonds is 10. The number of carbonyl (C=O) groups is 3. The first-order valence-electron chi connectivity index (χ1n) is 12.4. The maximum absolute atomic E-state index is 14.7. The van der Waals surface area contributed by atoms with Crippen molar-refractivity contribution in [1.82, 2.24) is 15.1 Å². The molecule has 2 heterocycles. The molecule has 4 rings (SSSR count). The largest absolute Gasteiger partial charge is 0.381 e. The van der Waals surface area contributed by atoms with Gasteiger partial charge in [-0.1, -0.05) is 12.1 Å². The lowest BCUT2D eigenvalue weighted by molar-refractivity contribution is -0.398. The topological polar surface area (TPSA) is 192 Å². The number of ether oxygens (including phenoxy) is 1. The lowest BCUT2D eigenvalue weighted by Gasteiger charge is -2.46. The first-order chi connectivity index (χ1) is 18.9. The molecule has 13 nitrogen and oxygen atoms in total. The number of halogens is 1. The second kappa shape index (κ2) is 11.2. The van der Waals surface area contributed by atoms with Gasteiger partial charge in [0, 0.05) is 55.6 Å². The minimum absolute atomic E-state index is 0.00138. The summed E-state index contributed by atoms with van der Waals surface area (Å²) < 4.78 is 20.0. The third-order valence-electron chi connectivity index (χ3n) is 7.15. The van der Waals surface area contributed by atoms with E-state index in [1.807, 2.05) is 5.32 Å². The molecule has 0 bridgehead atoms. The van der Waals surface area contributed by atoms with Crippen LogP contribution < -0.4 is 10.6 Å². The van der Waals surface area contributed by atoms with E-state index < -0.39 is 47.8 Å². The number of aliphatic hydroxyl groups is 5. The zero-order valence-electron chi connectivity index (χ0n) is 21.6. The molecule has 0 saturated carbocycles. The monoisotopic (exact) mass is 562 g/mol. The highest BCUT2D eigenvalue weighted by Crippen LogP contribution is 2.39. The van der Waals surface area contributed by atoms with E-state index in [1.165, 1.54) is 18.2 Å². The van der Waals surface area contributed by atoms with Crippen LogP contribution in [0.3, 0.4) is 0 Å². The molecular formula is C26H31FN4O9. The number of benzene rings is 2. The molecule has 0 radical (unpaired) electrons. The molecule has 0 spiro atoms. The quantitative estimate of drug-likeness (QED) is 0.128. The number of hydrogen-bond acceptors (Lipinski definition) is 11. The average molecular weight is 563 g/mol. The highest BCUT2D eigenvalue weighted by atomic mass is 19.1. The van der Waals surface area contributed by atoms with Crippen LogP contribution in [0, 0.1) is 5.82 Å². The molecule has 2 aliphatic heterocycles. The predicted octanol–water partition coefficient (Wildman–Crippen LogP) is -1.78. The molecule has 2 aromatic rings. The fraction of sp³-hybridized carbons (Fsp3) is 0.423. The fourth-order valence-electron chi connectivity index (χ4n) is 4.81. The third kappa shape index (κ3) is 5.06. The Kier molecular flexibility index (Phi) is 8.23. The molecule has 14 heteroatoms. The van der Waals surface area contributed by atoms with Gasteiger partial charge in [-0.3, -0.25) is 24.2 Å². The van der Waals surface area contributed by atoms with Gasteiger partial charge in [-0.15, -0.1) is 0 Å². The van der Waals surface area contributed by atoms with Gasteiger partial charge in [0.1, 0.15) is 5.82 Å². The van der Waals surface area contributed by atoms with Crippen LogP contribution in [0.1, 0.15) is 27.0 Å². The van der Waals surface area contributed by atoms with Crippen molar-refractivity contribution in [2.45, 2.75) is 36.9 Å². The minimum atomic E-state index is -4.25. The molecule has 1 saturated heterocycles. The van der Waals surface area contributed by atoms with Crippen LogP contribution in [0.25, 0.3) is 0 Å². The molecular weight excluding hydrogens is 531 g/mol. The SMILES string of the molecule is CNC(=O)C(O)(N1Cc2c(NCc3cc(CN4CCOCC4)ccc3F)cccc2C1=O)C(O)(O)C(O)(O)C=O. The van der Waals surface area contributed by atoms with Crippen LogP contribution in [0.2, 0.25) is 0 Å². The lowest BCUT2D eigenvalue weighted by Crippen LogP contribution is -2.78. The summed E-state index contributed by atoms with van der Waals surface area (Å²) in [6.45, 7) is 2.77. The molecule has 40 heavy (non-hydrogen) atoms. The van der Waals surface area contributed by atoms with Crippen molar-refractivity contribution < 1.29 is 49.0 Å². The molecule has 2 aliphatic rings. The van der Waals surface area contributed by atoms with E-state index in [2.05, 4.69) is 10.2 Å². The number of carbonyl (C=O) groups excluding carboxylic acids is 3. The molecule has 1 fully saturated rings. The summed E-state index contributed by atoms with van der Waals surface area (Å²) >= 11 is 0. The minimum Gasteiger partial charge on any atom is -0.381 e. The summed E-state index contributed by atoms with van der Waals surface area (Å²) in [7, 11) is 0.989. The van der Waals surface area contributed by atoms with Crippen LogP contribution in [0.4, 0.5) is 10.1 Å². The van der Waals surface area contributed by atoms with E-state index in [9.17, 15) is 44.3 Å². The second-order valence-corrected chi connectivity index (χ2v) is 9.66. The van der Waals surface area contributed by atoms with Crippen LogP contribution in [0.5, 0.6) is 0 Å². The van der Waals surface area contributed by atoms with Crippen LogP contribution in [0.15, 0.2) is 36.4 Å². The Hall–Kier alpha value is -3.50. The standard InChI is InChI=1S/C26H31FN4O9/c1-28-23(34)25(37,26(38,39)24(35,36)15-32)31-14-19-18(22(31)33)3-2-4-21(19)29-12-17-11-16(5-6-20(17)27)13-30-7-9-40-10-8-30/h2-6,11,15,29,35-39H,7-10,12-14H2,1H3,(H,28,34). The molecule has 216 valence electrons. The maximum Gasteiger partial charge on any atom is 0.285 e. The second-order valence-electron chi connectivity index (χ2n) is 9.66. The normalized spacial score (nSPS) is 17.8. The van der Waals surface area contributed by atoms with E-state index in [4.69, 9.17) is 4.74 Å². The number of anilines is 1. The van der Waals surface area contributed by atoms with Crippen molar-refractivity contribution in [3.05, 3.63) is 64.5 Å². The average Bonchev–Trinajstić information content (AvgIpc) is 3.29. The smallest absolute Gasteiger partial charge is 0.285 e. The number of fused-ring (bicyclic) bond motifs is 1. The Morgan fingerprint density at radius 2 is 1.82 bits per heavy atom. The van der Waals surface area contributed by atoms with Gasteiger partial charge in [0.15, 0.2) is 6.29 Å². The van der Waals surface area contributed by atoms with Crippen molar-refractivity contribution in [2.24, 2.45) is 0 Å². The molecule has 2 amide bonds. The molecule has 1 atom stereocenters. The summed E-state index contributed by atoms with van der Waals surface area (Å²) in [5, 5.41) is 56.8. The Morgan fingerprint density at radius 1 is 1.12 bits per heavy atom. The van der Waals surface area contributed by atoms with E-state index >= 15 is 0 Å². The van der Waals surface area contributed by atoms with Gasteiger partial charge < -0.3 is 40.9 Å². The summed E-state index contributed by atoms with van der Waals surface area (Å²) in [4.78, 5) is 39.6. The molecule has 0 aromatic heterocycles. The number of morpholine rings is 1. The van der Waals surface area contributed by atoms with Crippen molar-refractivity contribution in [1.29, 1.82) is 0 Å². The zero-order chi connectivity index (χ0) is 29.3. The van der Waals surface area contributed by atoms with Gasteiger partial charge in [-0.05, 0) is 29.8 Å². The predicted molar refractivity (Wildman–Crippen MR) is 136 cm³/mol. The number of nitrogens with zero attached hydrogens (tertiary/aromatic N) is 2. The highest BCUT2D eigenvalue weighted by molar-refractivity contribution is 6.03.